The highest BCUT2D eigenvalue weighted by atomic mass is 16.5. The molecular weight excluding hydrogens is 306 g/mol. The number of hydrogen-bond acceptors (Lipinski definition) is 4. The molecule has 24 heavy (non-hydrogen) atoms. The van der Waals surface area contributed by atoms with Crippen LogP contribution in [0.15, 0.2) is 48.5 Å². The Bertz CT molecular complexity index is 716. The van der Waals surface area contributed by atoms with Crippen molar-refractivity contribution in [2.24, 2.45) is 0 Å². The lowest BCUT2D eigenvalue weighted by Crippen LogP contribution is -2.30. The smallest absolute Gasteiger partial charge is 0.254 e. The van der Waals surface area contributed by atoms with Crippen LogP contribution >= 0.6 is 0 Å². The van der Waals surface area contributed by atoms with Crippen LogP contribution in [0.5, 0.6) is 17.2 Å². The van der Waals surface area contributed by atoms with E-state index in [2.05, 4.69) is 0 Å². The minimum atomic E-state index is -0.00772. The fourth-order valence-electron chi connectivity index (χ4n) is 2.81. The van der Waals surface area contributed by atoms with Crippen molar-refractivity contribution in [2.45, 2.75) is 12.5 Å². The molecule has 2 aromatic rings. The number of nitrogens with zero attached hydrogens (tertiary/aromatic N) is 1. The maximum Gasteiger partial charge on any atom is 0.254 e. The zero-order valence-corrected chi connectivity index (χ0v) is 13.9. The summed E-state index contributed by atoms with van der Waals surface area (Å²) in [6, 6.07) is 14.7. The van der Waals surface area contributed by atoms with Gasteiger partial charge in [-0.3, -0.25) is 4.79 Å². The Morgan fingerprint density at radius 2 is 1.67 bits per heavy atom. The Labute approximate surface area is 141 Å². The van der Waals surface area contributed by atoms with Gasteiger partial charge < -0.3 is 19.1 Å². The number of likely N-dealkylation sites (tertiary alicyclic amines) is 1. The van der Waals surface area contributed by atoms with Crippen LogP contribution in [0.2, 0.25) is 0 Å². The summed E-state index contributed by atoms with van der Waals surface area (Å²) in [5, 5.41) is 0. The van der Waals surface area contributed by atoms with Crippen LogP contribution in [-0.4, -0.2) is 44.2 Å². The number of ether oxygens (including phenoxy) is 3. The molecule has 0 aromatic heterocycles. The topological polar surface area (TPSA) is 48.0 Å². The van der Waals surface area contributed by atoms with E-state index in [1.807, 2.05) is 41.3 Å². The molecule has 5 heteroatoms. The molecule has 5 nitrogen and oxygen atoms in total. The maximum absolute atomic E-state index is 12.6. The third-order valence-electron chi connectivity index (χ3n) is 4.09. The predicted molar refractivity (Wildman–Crippen MR) is 90.9 cm³/mol. The first-order chi connectivity index (χ1) is 11.7. The molecule has 0 radical (unpaired) electrons. The van der Waals surface area contributed by atoms with E-state index in [4.69, 9.17) is 14.2 Å². The summed E-state index contributed by atoms with van der Waals surface area (Å²) in [6.45, 7) is 1.26. The van der Waals surface area contributed by atoms with Gasteiger partial charge in [-0.05, 0) is 30.3 Å². The lowest BCUT2D eigenvalue weighted by atomic mass is 10.2. The first-order valence-corrected chi connectivity index (χ1v) is 7.93. The van der Waals surface area contributed by atoms with Gasteiger partial charge in [0.15, 0.2) is 0 Å². The standard InChI is InChI=1S/C19H21NO4/c1-22-15-6-3-5-14(11-15)19(21)20-10-9-18(13-20)24-17-8-4-7-16(12-17)23-2/h3-8,11-12,18H,9-10,13H2,1-2H3/t18-/m1/s1. The molecule has 0 aliphatic carbocycles. The van der Waals surface area contributed by atoms with Gasteiger partial charge in [-0.1, -0.05) is 12.1 Å². The Kier molecular flexibility index (Phi) is 4.89. The number of amides is 1. The molecule has 1 amide bonds. The van der Waals surface area contributed by atoms with E-state index in [0.29, 0.717) is 24.4 Å². The zero-order valence-electron chi connectivity index (χ0n) is 13.9. The SMILES string of the molecule is COc1cccc(O[C@@H]2CCN(C(=O)c3cccc(OC)c3)C2)c1. The monoisotopic (exact) mass is 327 g/mol. The molecule has 0 saturated carbocycles. The van der Waals surface area contributed by atoms with E-state index in [-0.39, 0.29) is 12.0 Å². The number of methoxy groups -OCH3 is 2. The lowest BCUT2D eigenvalue weighted by molar-refractivity contribution is 0.0772. The van der Waals surface area contributed by atoms with Crippen LogP contribution in [-0.2, 0) is 0 Å². The highest BCUT2D eigenvalue weighted by Crippen LogP contribution is 2.24. The van der Waals surface area contributed by atoms with E-state index in [9.17, 15) is 4.79 Å². The van der Waals surface area contributed by atoms with Gasteiger partial charge >= 0.3 is 0 Å². The fraction of sp³-hybridized carbons (Fsp3) is 0.316. The maximum atomic E-state index is 12.6. The van der Waals surface area contributed by atoms with Crippen LogP contribution in [0.25, 0.3) is 0 Å². The van der Waals surface area contributed by atoms with Crippen LogP contribution in [0.1, 0.15) is 16.8 Å². The summed E-state index contributed by atoms with van der Waals surface area (Å²) in [4.78, 5) is 14.4. The van der Waals surface area contributed by atoms with Crippen LogP contribution < -0.4 is 14.2 Å². The van der Waals surface area contributed by atoms with E-state index in [1.165, 1.54) is 0 Å². The molecule has 0 unspecified atom stereocenters. The quantitative estimate of drug-likeness (QED) is 0.847. The molecule has 126 valence electrons. The average molecular weight is 327 g/mol. The summed E-state index contributed by atoms with van der Waals surface area (Å²) in [5.74, 6) is 2.21. The number of rotatable bonds is 5. The van der Waals surface area contributed by atoms with Gasteiger partial charge in [-0.15, -0.1) is 0 Å². The summed E-state index contributed by atoms with van der Waals surface area (Å²) >= 11 is 0. The van der Waals surface area contributed by atoms with Gasteiger partial charge in [0.2, 0.25) is 0 Å². The van der Waals surface area contributed by atoms with Gasteiger partial charge in [0, 0.05) is 24.6 Å². The number of hydrogen-bond donors (Lipinski definition) is 0. The Morgan fingerprint density at radius 1 is 1.00 bits per heavy atom. The van der Waals surface area contributed by atoms with E-state index in [1.54, 1.807) is 26.4 Å². The lowest BCUT2D eigenvalue weighted by Gasteiger charge is -2.18. The van der Waals surface area contributed by atoms with Gasteiger partial charge in [0.25, 0.3) is 5.91 Å². The fourth-order valence-corrected chi connectivity index (χ4v) is 2.81. The summed E-state index contributed by atoms with van der Waals surface area (Å²) in [5.41, 5.74) is 0.636. The minimum Gasteiger partial charge on any atom is -0.497 e. The van der Waals surface area contributed by atoms with Crippen molar-refractivity contribution in [1.82, 2.24) is 4.90 Å². The van der Waals surface area contributed by atoms with Crippen molar-refractivity contribution in [1.29, 1.82) is 0 Å². The normalized spacial score (nSPS) is 16.8. The first kappa shape index (κ1) is 16.2. The summed E-state index contributed by atoms with van der Waals surface area (Å²) in [7, 11) is 3.22. The van der Waals surface area contributed by atoms with Gasteiger partial charge in [0.1, 0.15) is 23.4 Å². The molecule has 1 heterocycles. The van der Waals surface area contributed by atoms with Crippen molar-refractivity contribution in [3.8, 4) is 17.2 Å². The second kappa shape index (κ2) is 7.25. The van der Waals surface area contributed by atoms with Crippen molar-refractivity contribution < 1.29 is 19.0 Å². The van der Waals surface area contributed by atoms with E-state index in [0.717, 1.165) is 17.9 Å². The largest absolute Gasteiger partial charge is 0.497 e. The van der Waals surface area contributed by atoms with Crippen LogP contribution in [0.3, 0.4) is 0 Å². The van der Waals surface area contributed by atoms with Crippen LogP contribution in [0.4, 0.5) is 0 Å². The minimum absolute atomic E-state index is 0.00522. The molecule has 1 saturated heterocycles. The van der Waals surface area contributed by atoms with Crippen molar-refractivity contribution in [3.05, 3.63) is 54.1 Å². The highest BCUT2D eigenvalue weighted by Gasteiger charge is 2.28. The molecular formula is C19H21NO4. The third kappa shape index (κ3) is 3.62. The van der Waals surface area contributed by atoms with E-state index < -0.39 is 0 Å². The Hall–Kier alpha value is -2.69. The summed E-state index contributed by atoms with van der Waals surface area (Å²) in [6.07, 6.45) is 0.805. The molecule has 1 aliphatic heterocycles. The Morgan fingerprint density at radius 3 is 2.42 bits per heavy atom. The first-order valence-electron chi connectivity index (χ1n) is 7.93. The zero-order chi connectivity index (χ0) is 16.9. The third-order valence-corrected chi connectivity index (χ3v) is 4.09. The highest BCUT2D eigenvalue weighted by molar-refractivity contribution is 5.94. The molecule has 0 spiro atoms. The Balaban J connectivity index is 1.63. The number of carbonyl (C=O) groups is 1. The van der Waals surface area contributed by atoms with Crippen LogP contribution in [0, 0.1) is 0 Å². The van der Waals surface area contributed by atoms with Gasteiger partial charge in [0.05, 0.1) is 20.8 Å². The molecule has 1 aliphatic rings. The second-order valence-electron chi connectivity index (χ2n) is 5.69. The van der Waals surface area contributed by atoms with Gasteiger partial charge in [-0.25, -0.2) is 0 Å². The molecule has 1 fully saturated rings. The number of benzene rings is 2. The van der Waals surface area contributed by atoms with Crippen molar-refractivity contribution in [3.63, 3.8) is 0 Å². The predicted octanol–water partition coefficient (Wildman–Crippen LogP) is 3.00. The van der Waals surface area contributed by atoms with Gasteiger partial charge in [-0.2, -0.15) is 0 Å². The average Bonchev–Trinajstić information content (AvgIpc) is 3.09. The molecule has 0 bridgehead atoms. The van der Waals surface area contributed by atoms with Crippen molar-refractivity contribution in [2.75, 3.05) is 27.3 Å². The second-order valence-corrected chi connectivity index (χ2v) is 5.69. The molecule has 1 atom stereocenters. The van der Waals surface area contributed by atoms with Crippen molar-refractivity contribution >= 4 is 5.91 Å². The molecule has 2 aromatic carbocycles. The van der Waals surface area contributed by atoms with E-state index >= 15 is 0 Å². The summed E-state index contributed by atoms with van der Waals surface area (Å²) < 4.78 is 16.4. The molecule has 0 N–H and O–H groups in total. The number of carbonyl (C=O) groups excluding carboxylic acids is 1. The molecule has 3 rings (SSSR count).